The fourth-order valence-corrected chi connectivity index (χ4v) is 4.77. The molecule has 4 unspecified atom stereocenters. The van der Waals surface area contributed by atoms with Crippen LogP contribution in [-0.2, 0) is 4.79 Å². The lowest BCUT2D eigenvalue weighted by atomic mass is 9.59. The van der Waals surface area contributed by atoms with Crippen molar-refractivity contribution in [1.29, 1.82) is 0 Å². The van der Waals surface area contributed by atoms with Crippen LogP contribution in [0.5, 0.6) is 0 Å². The molecule has 1 nitrogen and oxygen atoms in total. The van der Waals surface area contributed by atoms with Crippen molar-refractivity contribution in [2.24, 2.45) is 23.7 Å². The number of rotatable bonds is 6. The SMILES string of the molecule is CCCC1CCC2CCCCC2C1CC/C=C/C=O. The lowest BCUT2D eigenvalue weighted by Gasteiger charge is -2.46. The van der Waals surface area contributed by atoms with E-state index in [2.05, 4.69) is 13.0 Å². The van der Waals surface area contributed by atoms with Gasteiger partial charge in [-0.25, -0.2) is 0 Å². The fourth-order valence-electron chi connectivity index (χ4n) is 4.77. The quantitative estimate of drug-likeness (QED) is 0.477. The summed E-state index contributed by atoms with van der Waals surface area (Å²) in [6, 6.07) is 0. The van der Waals surface area contributed by atoms with Crippen LogP contribution in [0.2, 0.25) is 0 Å². The molecule has 2 aliphatic rings. The van der Waals surface area contributed by atoms with Crippen LogP contribution in [0, 0.1) is 23.7 Å². The molecule has 0 bridgehead atoms. The minimum absolute atomic E-state index is 0.911. The predicted molar refractivity (Wildman–Crippen MR) is 81.0 cm³/mol. The van der Waals surface area contributed by atoms with E-state index in [9.17, 15) is 4.79 Å². The molecule has 2 aliphatic carbocycles. The Morgan fingerprint density at radius 2 is 1.89 bits per heavy atom. The first-order valence-electron chi connectivity index (χ1n) is 8.47. The van der Waals surface area contributed by atoms with E-state index in [0.717, 1.165) is 36.4 Å². The van der Waals surface area contributed by atoms with Crippen molar-refractivity contribution in [3.63, 3.8) is 0 Å². The molecule has 2 saturated carbocycles. The molecule has 2 rings (SSSR count). The summed E-state index contributed by atoms with van der Waals surface area (Å²) in [7, 11) is 0. The number of carbonyl (C=O) groups excluding carboxylic acids is 1. The highest BCUT2D eigenvalue weighted by atomic mass is 16.1. The van der Waals surface area contributed by atoms with E-state index in [0.29, 0.717) is 0 Å². The summed E-state index contributed by atoms with van der Waals surface area (Å²) in [4.78, 5) is 10.4. The Bertz CT molecular complexity index is 294. The first kappa shape index (κ1) is 14.8. The van der Waals surface area contributed by atoms with Gasteiger partial charge >= 0.3 is 0 Å². The van der Waals surface area contributed by atoms with Gasteiger partial charge in [0.2, 0.25) is 0 Å². The van der Waals surface area contributed by atoms with E-state index in [-0.39, 0.29) is 0 Å². The van der Waals surface area contributed by atoms with E-state index in [1.807, 2.05) is 0 Å². The lowest BCUT2D eigenvalue weighted by Crippen LogP contribution is -2.36. The highest BCUT2D eigenvalue weighted by Gasteiger charge is 2.39. The Morgan fingerprint density at radius 1 is 1.05 bits per heavy atom. The molecule has 0 aromatic carbocycles. The smallest absolute Gasteiger partial charge is 0.142 e. The molecule has 0 amide bonds. The highest BCUT2D eigenvalue weighted by molar-refractivity contribution is 5.64. The molecule has 0 saturated heterocycles. The number of aldehydes is 1. The van der Waals surface area contributed by atoms with E-state index in [1.165, 1.54) is 57.8 Å². The van der Waals surface area contributed by atoms with Gasteiger partial charge in [-0.15, -0.1) is 0 Å². The molecule has 19 heavy (non-hydrogen) atoms. The monoisotopic (exact) mass is 262 g/mol. The van der Waals surface area contributed by atoms with Crippen molar-refractivity contribution in [1.82, 2.24) is 0 Å². The molecule has 0 spiro atoms. The summed E-state index contributed by atoms with van der Waals surface area (Å²) in [6.07, 6.45) is 18.7. The average molecular weight is 262 g/mol. The van der Waals surface area contributed by atoms with Crippen LogP contribution >= 0.6 is 0 Å². The fraction of sp³-hybridized carbons (Fsp3) is 0.833. The summed E-state index contributed by atoms with van der Waals surface area (Å²) in [5.74, 6) is 3.94. The van der Waals surface area contributed by atoms with Crippen LogP contribution in [0.1, 0.15) is 71.1 Å². The topological polar surface area (TPSA) is 17.1 Å². The molecular formula is C18H30O. The summed E-state index contributed by atoms with van der Waals surface area (Å²) < 4.78 is 0. The summed E-state index contributed by atoms with van der Waals surface area (Å²) in [5.41, 5.74) is 0. The maximum atomic E-state index is 10.4. The maximum absolute atomic E-state index is 10.4. The van der Waals surface area contributed by atoms with Crippen molar-refractivity contribution < 1.29 is 4.79 Å². The predicted octanol–water partition coefficient (Wildman–Crippen LogP) is 5.15. The van der Waals surface area contributed by atoms with Gasteiger partial charge < -0.3 is 0 Å². The van der Waals surface area contributed by atoms with Crippen molar-refractivity contribution in [3.05, 3.63) is 12.2 Å². The Kier molecular flexibility index (Phi) is 6.13. The van der Waals surface area contributed by atoms with Crippen LogP contribution in [0.15, 0.2) is 12.2 Å². The second kappa shape index (κ2) is 7.87. The van der Waals surface area contributed by atoms with Crippen LogP contribution in [0.4, 0.5) is 0 Å². The van der Waals surface area contributed by atoms with Gasteiger partial charge in [0.25, 0.3) is 0 Å². The van der Waals surface area contributed by atoms with Gasteiger partial charge in [-0.1, -0.05) is 45.1 Å². The molecule has 2 fully saturated rings. The van der Waals surface area contributed by atoms with Gasteiger partial charge in [-0.3, -0.25) is 4.79 Å². The molecule has 0 heterocycles. The summed E-state index contributed by atoms with van der Waals surface area (Å²) in [6.45, 7) is 2.33. The number of hydrogen-bond acceptors (Lipinski definition) is 1. The molecule has 0 N–H and O–H groups in total. The number of carbonyl (C=O) groups is 1. The summed E-state index contributed by atoms with van der Waals surface area (Å²) >= 11 is 0. The third-order valence-electron chi connectivity index (χ3n) is 5.57. The third-order valence-corrected chi connectivity index (χ3v) is 5.57. The molecule has 1 heteroatoms. The molecular weight excluding hydrogens is 232 g/mol. The van der Waals surface area contributed by atoms with E-state index in [4.69, 9.17) is 0 Å². The van der Waals surface area contributed by atoms with Crippen molar-refractivity contribution >= 4 is 6.29 Å². The first-order chi connectivity index (χ1) is 9.36. The Morgan fingerprint density at radius 3 is 2.68 bits per heavy atom. The maximum Gasteiger partial charge on any atom is 0.142 e. The van der Waals surface area contributed by atoms with Crippen molar-refractivity contribution in [3.8, 4) is 0 Å². The number of fused-ring (bicyclic) bond motifs is 1. The zero-order valence-corrected chi connectivity index (χ0v) is 12.5. The Balaban J connectivity index is 1.96. The van der Waals surface area contributed by atoms with E-state index in [1.54, 1.807) is 6.08 Å². The molecule has 0 aromatic rings. The van der Waals surface area contributed by atoms with Crippen LogP contribution < -0.4 is 0 Å². The van der Waals surface area contributed by atoms with Crippen molar-refractivity contribution in [2.45, 2.75) is 71.1 Å². The Labute approximate surface area is 118 Å². The molecule has 0 aliphatic heterocycles. The van der Waals surface area contributed by atoms with Gasteiger partial charge in [-0.2, -0.15) is 0 Å². The van der Waals surface area contributed by atoms with Gasteiger partial charge in [0.05, 0.1) is 0 Å². The van der Waals surface area contributed by atoms with Crippen LogP contribution in [0.25, 0.3) is 0 Å². The van der Waals surface area contributed by atoms with Gasteiger partial charge in [0.1, 0.15) is 6.29 Å². The zero-order chi connectivity index (χ0) is 13.5. The minimum atomic E-state index is 0.911. The minimum Gasteiger partial charge on any atom is -0.299 e. The zero-order valence-electron chi connectivity index (χ0n) is 12.5. The van der Waals surface area contributed by atoms with Crippen LogP contribution in [0.3, 0.4) is 0 Å². The van der Waals surface area contributed by atoms with Crippen LogP contribution in [-0.4, -0.2) is 6.29 Å². The number of hydrogen-bond donors (Lipinski definition) is 0. The largest absolute Gasteiger partial charge is 0.299 e. The van der Waals surface area contributed by atoms with E-state index >= 15 is 0 Å². The van der Waals surface area contributed by atoms with Gasteiger partial charge in [-0.05, 0) is 61.9 Å². The standard InChI is InChI=1S/C18H30O/c1-2-8-15-12-13-16-9-5-6-11-18(16)17(15)10-4-3-7-14-19/h3,7,14-18H,2,4-6,8-13H2,1H3/b7-3+. The normalized spacial score (nSPS) is 35.2. The van der Waals surface area contributed by atoms with E-state index < -0.39 is 0 Å². The third kappa shape index (κ3) is 3.94. The number of allylic oxidation sites excluding steroid dienone is 2. The second-order valence-corrected chi connectivity index (χ2v) is 6.64. The lowest BCUT2D eigenvalue weighted by molar-refractivity contribution is -0.104. The molecule has 0 radical (unpaired) electrons. The van der Waals surface area contributed by atoms with Gasteiger partial charge in [0, 0.05) is 0 Å². The second-order valence-electron chi connectivity index (χ2n) is 6.64. The molecule has 0 aromatic heterocycles. The molecule has 4 atom stereocenters. The Hall–Kier alpha value is -0.590. The average Bonchev–Trinajstić information content (AvgIpc) is 2.45. The molecule has 108 valence electrons. The van der Waals surface area contributed by atoms with Crippen molar-refractivity contribution in [2.75, 3.05) is 0 Å². The summed E-state index contributed by atoms with van der Waals surface area (Å²) in [5, 5.41) is 0. The first-order valence-corrected chi connectivity index (χ1v) is 8.47. The highest BCUT2D eigenvalue weighted by Crippen LogP contribution is 2.49. The van der Waals surface area contributed by atoms with Gasteiger partial charge in [0.15, 0.2) is 0 Å².